The highest BCUT2D eigenvalue weighted by atomic mass is 35.5. The van der Waals surface area contributed by atoms with Crippen molar-refractivity contribution in [1.82, 2.24) is 0 Å². The van der Waals surface area contributed by atoms with Crippen LogP contribution in [-0.4, -0.2) is 12.7 Å². The summed E-state index contributed by atoms with van der Waals surface area (Å²) in [7, 11) is 0. The number of hydrogen-bond acceptors (Lipinski definition) is 3. The summed E-state index contributed by atoms with van der Waals surface area (Å²) < 4.78 is 10.3. The molecular formula is C10H10ClNO3. The van der Waals surface area contributed by atoms with Gasteiger partial charge in [0.15, 0.2) is 11.5 Å². The van der Waals surface area contributed by atoms with Gasteiger partial charge >= 0.3 is 0 Å². The quantitative estimate of drug-likeness (QED) is 0.844. The summed E-state index contributed by atoms with van der Waals surface area (Å²) in [6.07, 6.45) is 0.408. The van der Waals surface area contributed by atoms with E-state index in [0.717, 1.165) is 0 Å². The number of amides is 1. The van der Waals surface area contributed by atoms with Crippen LogP contribution in [0.1, 0.15) is 13.3 Å². The van der Waals surface area contributed by atoms with E-state index in [1.165, 1.54) is 0 Å². The molecule has 1 aromatic rings. The maximum absolute atomic E-state index is 11.2. The van der Waals surface area contributed by atoms with Gasteiger partial charge in [-0.2, -0.15) is 0 Å². The number of carbonyl (C=O) groups is 1. The van der Waals surface area contributed by atoms with Gasteiger partial charge in [0.1, 0.15) is 0 Å². The average molecular weight is 228 g/mol. The fourth-order valence-electron chi connectivity index (χ4n) is 1.25. The molecule has 2 rings (SSSR count). The van der Waals surface area contributed by atoms with Gasteiger partial charge in [0.05, 0.1) is 10.7 Å². The fourth-order valence-corrected chi connectivity index (χ4v) is 1.45. The smallest absolute Gasteiger partial charge is 0.231 e. The summed E-state index contributed by atoms with van der Waals surface area (Å²) in [5.74, 6) is 1.12. The Morgan fingerprint density at radius 3 is 2.80 bits per heavy atom. The Bertz CT molecular complexity index is 406. The molecule has 0 atom stereocenters. The van der Waals surface area contributed by atoms with Crippen LogP contribution in [0.4, 0.5) is 5.69 Å². The maximum atomic E-state index is 11.2. The van der Waals surface area contributed by atoms with Crippen molar-refractivity contribution in [2.45, 2.75) is 13.3 Å². The van der Waals surface area contributed by atoms with Gasteiger partial charge in [-0.3, -0.25) is 4.79 Å². The Labute approximate surface area is 92.1 Å². The number of ether oxygens (including phenoxy) is 2. The predicted octanol–water partition coefficient (Wildman–Crippen LogP) is 2.42. The van der Waals surface area contributed by atoms with Gasteiger partial charge in [-0.1, -0.05) is 18.5 Å². The second-order valence-electron chi connectivity index (χ2n) is 3.09. The van der Waals surface area contributed by atoms with E-state index < -0.39 is 0 Å². The molecule has 5 heteroatoms. The van der Waals surface area contributed by atoms with Crippen molar-refractivity contribution in [3.05, 3.63) is 17.2 Å². The molecule has 0 spiro atoms. The standard InChI is InChI=1S/C10H10ClNO3/c1-2-10(13)12-7-4-9-8(3-6(7)11)14-5-15-9/h3-4H,2,5H2,1H3,(H,12,13). The van der Waals surface area contributed by atoms with Gasteiger partial charge in [0.2, 0.25) is 12.7 Å². The Hall–Kier alpha value is -1.42. The van der Waals surface area contributed by atoms with E-state index in [0.29, 0.717) is 28.6 Å². The molecule has 0 saturated heterocycles. The van der Waals surface area contributed by atoms with Crippen molar-refractivity contribution < 1.29 is 14.3 Å². The lowest BCUT2D eigenvalue weighted by Gasteiger charge is -2.06. The van der Waals surface area contributed by atoms with Crippen LogP contribution in [0.25, 0.3) is 0 Å². The monoisotopic (exact) mass is 227 g/mol. The first-order chi connectivity index (χ1) is 7.20. The van der Waals surface area contributed by atoms with Crippen molar-refractivity contribution in [2.75, 3.05) is 12.1 Å². The van der Waals surface area contributed by atoms with E-state index in [1.54, 1.807) is 19.1 Å². The molecule has 15 heavy (non-hydrogen) atoms. The normalized spacial score (nSPS) is 12.7. The SMILES string of the molecule is CCC(=O)Nc1cc2c(cc1Cl)OCO2. The summed E-state index contributed by atoms with van der Waals surface area (Å²) in [5, 5.41) is 3.13. The summed E-state index contributed by atoms with van der Waals surface area (Å²) in [6, 6.07) is 3.30. The van der Waals surface area contributed by atoms with Gasteiger partial charge in [0, 0.05) is 18.6 Å². The zero-order valence-corrected chi connectivity index (χ0v) is 8.93. The molecular weight excluding hydrogens is 218 g/mol. The first-order valence-corrected chi connectivity index (χ1v) is 4.97. The number of benzene rings is 1. The number of hydrogen-bond donors (Lipinski definition) is 1. The molecule has 0 bridgehead atoms. The van der Waals surface area contributed by atoms with Crippen LogP contribution in [-0.2, 0) is 4.79 Å². The van der Waals surface area contributed by atoms with E-state index in [2.05, 4.69) is 5.32 Å². The Morgan fingerprint density at radius 1 is 1.47 bits per heavy atom. The lowest BCUT2D eigenvalue weighted by Crippen LogP contribution is -2.09. The number of anilines is 1. The molecule has 0 fully saturated rings. The third-order valence-electron chi connectivity index (χ3n) is 2.06. The third-order valence-corrected chi connectivity index (χ3v) is 2.37. The highest BCUT2D eigenvalue weighted by Gasteiger charge is 2.17. The van der Waals surface area contributed by atoms with Crippen molar-refractivity contribution in [3.63, 3.8) is 0 Å². The zero-order valence-electron chi connectivity index (χ0n) is 8.17. The molecule has 1 N–H and O–H groups in total. The second kappa shape index (κ2) is 3.98. The summed E-state index contributed by atoms with van der Waals surface area (Å²) in [6.45, 7) is 1.97. The van der Waals surface area contributed by atoms with Crippen LogP contribution in [0, 0.1) is 0 Å². The molecule has 4 nitrogen and oxygen atoms in total. The van der Waals surface area contributed by atoms with Gasteiger partial charge < -0.3 is 14.8 Å². The minimum atomic E-state index is -0.0873. The second-order valence-corrected chi connectivity index (χ2v) is 3.49. The summed E-state index contributed by atoms with van der Waals surface area (Å²) >= 11 is 5.96. The molecule has 1 heterocycles. The molecule has 1 aliphatic heterocycles. The Morgan fingerprint density at radius 2 is 2.13 bits per heavy atom. The predicted molar refractivity (Wildman–Crippen MR) is 56.5 cm³/mol. The number of rotatable bonds is 2. The first kappa shape index (κ1) is 10.1. The Kier molecular flexibility index (Phi) is 2.68. The van der Waals surface area contributed by atoms with Gasteiger partial charge in [-0.15, -0.1) is 0 Å². The van der Waals surface area contributed by atoms with Crippen LogP contribution in [0.5, 0.6) is 11.5 Å². The van der Waals surface area contributed by atoms with Crippen LogP contribution in [0.15, 0.2) is 12.1 Å². The summed E-state index contributed by atoms with van der Waals surface area (Å²) in [4.78, 5) is 11.2. The lowest BCUT2D eigenvalue weighted by atomic mass is 10.2. The topological polar surface area (TPSA) is 47.6 Å². The van der Waals surface area contributed by atoms with E-state index >= 15 is 0 Å². The van der Waals surface area contributed by atoms with E-state index in [-0.39, 0.29) is 12.7 Å². The molecule has 0 radical (unpaired) electrons. The number of halogens is 1. The average Bonchev–Trinajstić information content (AvgIpc) is 2.65. The summed E-state index contributed by atoms with van der Waals surface area (Å²) in [5.41, 5.74) is 0.549. The minimum absolute atomic E-state index is 0.0873. The van der Waals surface area contributed by atoms with Gasteiger partial charge in [-0.25, -0.2) is 0 Å². The van der Waals surface area contributed by atoms with Crippen LogP contribution in [0.2, 0.25) is 5.02 Å². The number of fused-ring (bicyclic) bond motifs is 1. The molecule has 80 valence electrons. The first-order valence-electron chi connectivity index (χ1n) is 4.59. The third kappa shape index (κ3) is 1.99. The molecule has 0 unspecified atom stereocenters. The molecule has 1 aliphatic rings. The van der Waals surface area contributed by atoms with Gasteiger partial charge in [-0.05, 0) is 0 Å². The van der Waals surface area contributed by atoms with Crippen LogP contribution in [0.3, 0.4) is 0 Å². The lowest BCUT2D eigenvalue weighted by molar-refractivity contribution is -0.115. The maximum Gasteiger partial charge on any atom is 0.231 e. The van der Waals surface area contributed by atoms with Crippen LogP contribution >= 0.6 is 11.6 Å². The number of nitrogens with one attached hydrogen (secondary N) is 1. The highest BCUT2D eigenvalue weighted by Crippen LogP contribution is 2.39. The van der Waals surface area contributed by atoms with Crippen molar-refractivity contribution in [2.24, 2.45) is 0 Å². The zero-order chi connectivity index (χ0) is 10.8. The molecule has 1 amide bonds. The Balaban J connectivity index is 2.28. The van der Waals surface area contributed by atoms with E-state index in [1.807, 2.05) is 0 Å². The number of carbonyl (C=O) groups excluding carboxylic acids is 1. The van der Waals surface area contributed by atoms with Crippen molar-refractivity contribution in [1.29, 1.82) is 0 Å². The van der Waals surface area contributed by atoms with Crippen molar-refractivity contribution >= 4 is 23.2 Å². The molecule has 1 aromatic carbocycles. The van der Waals surface area contributed by atoms with E-state index in [4.69, 9.17) is 21.1 Å². The van der Waals surface area contributed by atoms with Gasteiger partial charge in [0.25, 0.3) is 0 Å². The highest BCUT2D eigenvalue weighted by molar-refractivity contribution is 6.34. The fraction of sp³-hybridized carbons (Fsp3) is 0.300. The molecule has 0 saturated carbocycles. The van der Waals surface area contributed by atoms with Crippen molar-refractivity contribution in [3.8, 4) is 11.5 Å². The largest absolute Gasteiger partial charge is 0.454 e. The molecule has 0 aliphatic carbocycles. The minimum Gasteiger partial charge on any atom is -0.454 e. The molecule has 0 aromatic heterocycles. The van der Waals surface area contributed by atoms with E-state index in [9.17, 15) is 4.79 Å². The van der Waals surface area contributed by atoms with Crippen LogP contribution < -0.4 is 14.8 Å².